The third-order valence-corrected chi connectivity index (χ3v) is 2.97. The molecule has 0 bridgehead atoms. The summed E-state index contributed by atoms with van der Waals surface area (Å²) in [6, 6.07) is 4.29. The number of carboxylic acid groups (broad SMARTS) is 1. The Morgan fingerprint density at radius 1 is 1.47 bits per heavy atom. The monoisotopic (exact) mass is 299 g/mol. The maximum atomic E-state index is 13.5. The van der Waals surface area contributed by atoms with Crippen molar-refractivity contribution in [1.82, 2.24) is 5.16 Å². The second kappa shape index (κ2) is 4.29. The topological polar surface area (TPSA) is 63.3 Å². The van der Waals surface area contributed by atoms with E-state index in [0.29, 0.717) is 11.1 Å². The van der Waals surface area contributed by atoms with E-state index in [0.717, 1.165) is 0 Å². The average Bonchev–Trinajstić information content (AvgIpc) is 2.72. The Bertz CT molecular complexity index is 594. The molecule has 2 aromatic rings. The minimum absolute atomic E-state index is 0.205. The van der Waals surface area contributed by atoms with Gasteiger partial charge in [0.15, 0.2) is 11.5 Å². The minimum Gasteiger partial charge on any atom is -0.476 e. The van der Waals surface area contributed by atoms with Gasteiger partial charge in [-0.15, -0.1) is 0 Å². The Hall–Kier alpha value is -1.69. The van der Waals surface area contributed by atoms with E-state index < -0.39 is 11.8 Å². The SMILES string of the molecule is Cc1cc(F)c(Br)c(-c2cc(C(=O)O)no2)c1. The van der Waals surface area contributed by atoms with Gasteiger partial charge in [-0.2, -0.15) is 0 Å². The van der Waals surface area contributed by atoms with Crippen LogP contribution in [0.4, 0.5) is 4.39 Å². The summed E-state index contributed by atoms with van der Waals surface area (Å²) in [5, 5.41) is 12.1. The van der Waals surface area contributed by atoms with E-state index in [2.05, 4.69) is 21.1 Å². The molecule has 0 aliphatic carbocycles. The molecular formula is C11H7BrFNO3. The predicted octanol–water partition coefficient (Wildman–Crippen LogP) is 3.25. The van der Waals surface area contributed by atoms with Gasteiger partial charge in [-0.05, 0) is 40.5 Å². The molecule has 0 saturated heterocycles. The minimum atomic E-state index is -1.19. The van der Waals surface area contributed by atoms with Crippen molar-refractivity contribution >= 4 is 21.9 Å². The molecule has 0 spiro atoms. The highest BCUT2D eigenvalue weighted by atomic mass is 79.9. The van der Waals surface area contributed by atoms with Crippen molar-refractivity contribution < 1.29 is 18.8 Å². The van der Waals surface area contributed by atoms with E-state index in [-0.39, 0.29) is 15.9 Å². The molecule has 0 aliphatic rings. The fraction of sp³-hybridized carbons (Fsp3) is 0.0909. The van der Waals surface area contributed by atoms with Crippen LogP contribution >= 0.6 is 15.9 Å². The normalized spacial score (nSPS) is 10.5. The standard InChI is InChI=1S/C11H7BrFNO3/c1-5-2-6(10(12)7(13)3-5)9-4-8(11(15)16)14-17-9/h2-4H,1H3,(H,15,16). The molecule has 0 saturated carbocycles. The van der Waals surface area contributed by atoms with Crippen LogP contribution in [-0.2, 0) is 0 Å². The first-order valence-electron chi connectivity index (χ1n) is 4.65. The Labute approximate surface area is 104 Å². The lowest BCUT2D eigenvalue weighted by Crippen LogP contribution is -1.94. The van der Waals surface area contributed by atoms with Gasteiger partial charge in [-0.1, -0.05) is 5.16 Å². The molecule has 0 radical (unpaired) electrons. The molecule has 88 valence electrons. The lowest BCUT2D eigenvalue weighted by atomic mass is 10.1. The molecule has 6 heteroatoms. The quantitative estimate of drug-likeness (QED) is 0.924. The number of benzene rings is 1. The van der Waals surface area contributed by atoms with E-state index in [1.165, 1.54) is 12.1 Å². The molecule has 0 fully saturated rings. The number of rotatable bonds is 2. The van der Waals surface area contributed by atoms with Crippen molar-refractivity contribution in [2.75, 3.05) is 0 Å². The van der Waals surface area contributed by atoms with Crippen LogP contribution in [0.5, 0.6) is 0 Å². The van der Waals surface area contributed by atoms with E-state index in [1.54, 1.807) is 13.0 Å². The number of carboxylic acids is 1. The highest BCUT2D eigenvalue weighted by Crippen LogP contribution is 2.32. The third-order valence-electron chi connectivity index (χ3n) is 2.17. The van der Waals surface area contributed by atoms with Gasteiger partial charge in [0, 0.05) is 11.6 Å². The Morgan fingerprint density at radius 2 is 2.18 bits per heavy atom. The maximum absolute atomic E-state index is 13.5. The van der Waals surface area contributed by atoms with Crippen molar-refractivity contribution in [3.8, 4) is 11.3 Å². The summed E-state index contributed by atoms with van der Waals surface area (Å²) in [4.78, 5) is 10.7. The molecule has 0 amide bonds. The second-order valence-electron chi connectivity index (χ2n) is 3.49. The van der Waals surface area contributed by atoms with Crippen molar-refractivity contribution in [2.45, 2.75) is 6.92 Å². The lowest BCUT2D eigenvalue weighted by molar-refractivity contribution is 0.0686. The van der Waals surface area contributed by atoms with E-state index >= 15 is 0 Å². The number of carbonyl (C=O) groups is 1. The molecule has 0 aliphatic heterocycles. The van der Waals surface area contributed by atoms with Gasteiger partial charge >= 0.3 is 5.97 Å². The van der Waals surface area contributed by atoms with Crippen LogP contribution in [0.25, 0.3) is 11.3 Å². The molecule has 0 atom stereocenters. The Kier molecular flexibility index (Phi) is 2.97. The van der Waals surface area contributed by atoms with Gasteiger partial charge in [-0.25, -0.2) is 9.18 Å². The van der Waals surface area contributed by atoms with Gasteiger partial charge < -0.3 is 9.63 Å². The average molecular weight is 300 g/mol. The molecule has 0 unspecified atom stereocenters. The molecule has 17 heavy (non-hydrogen) atoms. The van der Waals surface area contributed by atoms with Gasteiger partial charge in [0.05, 0.1) is 4.47 Å². The summed E-state index contributed by atoms with van der Waals surface area (Å²) in [6.07, 6.45) is 0. The summed E-state index contributed by atoms with van der Waals surface area (Å²) in [7, 11) is 0. The second-order valence-corrected chi connectivity index (χ2v) is 4.28. The van der Waals surface area contributed by atoms with Crippen molar-refractivity contribution in [3.05, 3.63) is 39.7 Å². The molecular weight excluding hydrogens is 293 g/mol. The fourth-order valence-corrected chi connectivity index (χ4v) is 1.83. The Morgan fingerprint density at radius 3 is 2.76 bits per heavy atom. The van der Waals surface area contributed by atoms with Crippen molar-refractivity contribution in [3.63, 3.8) is 0 Å². The number of aryl methyl sites for hydroxylation is 1. The summed E-state index contributed by atoms with van der Waals surface area (Å²) >= 11 is 3.09. The molecule has 2 rings (SSSR count). The Balaban J connectivity index is 2.56. The van der Waals surface area contributed by atoms with E-state index in [9.17, 15) is 9.18 Å². The summed E-state index contributed by atoms with van der Waals surface area (Å²) in [5.41, 5.74) is 0.922. The molecule has 4 nitrogen and oxygen atoms in total. The van der Waals surface area contributed by atoms with Crippen LogP contribution in [0.1, 0.15) is 16.1 Å². The largest absolute Gasteiger partial charge is 0.476 e. The number of hydrogen-bond acceptors (Lipinski definition) is 3. The van der Waals surface area contributed by atoms with Crippen molar-refractivity contribution in [1.29, 1.82) is 0 Å². The van der Waals surface area contributed by atoms with Crippen molar-refractivity contribution in [2.24, 2.45) is 0 Å². The van der Waals surface area contributed by atoms with E-state index in [4.69, 9.17) is 9.63 Å². The van der Waals surface area contributed by atoms with Crippen LogP contribution in [0.3, 0.4) is 0 Å². The zero-order valence-corrected chi connectivity index (χ0v) is 10.3. The predicted molar refractivity (Wildman–Crippen MR) is 61.3 cm³/mol. The van der Waals surface area contributed by atoms with Crippen LogP contribution in [0.15, 0.2) is 27.2 Å². The van der Waals surface area contributed by atoms with Crippen LogP contribution in [0, 0.1) is 12.7 Å². The molecule has 1 aromatic heterocycles. The highest BCUT2D eigenvalue weighted by Gasteiger charge is 2.16. The first kappa shape index (κ1) is 11.8. The first-order chi connectivity index (χ1) is 7.99. The van der Waals surface area contributed by atoms with Gasteiger partial charge in [-0.3, -0.25) is 0 Å². The zero-order chi connectivity index (χ0) is 12.6. The van der Waals surface area contributed by atoms with Gasteiger partial charge in [0.1, 0.15) is 5.82 Å². The first-order valence-corrected chi connectivity index (χ1v) is 5.44. The van der Waals surface area contributed by atoms with Crippen LogP contribution in [-0.4, -0.2) is 16.2 Å². The lowest BCUT2D eigenvalue weighted by Gasteiger charge is -2.03. The van der Waals surface area contributed by atoms with Crippen LogP contribution in [0.2, 0.25) is 0 Å². The third kappa shape index (κ3) is 2.21. The number of hydrogen-bond donors (Lipinski definition) is 1. The molecule has 1 N–H and O–H groups in total. The van der Waals surface area contributed by atoms with Crippen LogP contribution < -0.4 is 0 Å². The van der Waals surface area contributed by atoms with Gasteiger partial charge in [0.25, 0.3) is 0 Å². The number of aromatic carboxylic acids is 1. The summed E-state index contributed by atoms with van der Waals surface area (Å²) in [6.45, 7) is 1.73. The number of aromatic nitrogens is 1. The summed E-state index contributed by atoms with van der Waals surface area (Å²) < 4.78 is 18.6. The zero-order valence-electron chi connectivity index (χ0n) is 8.70. The summed E-state index contributed by atoms with van der Waals surface area (Å²) in [5.74, 6) is -1.42. The highest BCUT2D eigenvalue weighted by molar-refractivity contribution is 9.10. The van der Waals surface area contributed by atoms with E-state index in [1.807, 2.05) is 0 Å². The maximum Gasteiger partial charge on any atom is 0.358 e. The molecule has 1 aromatic carbocycles. The van der Waals surface area contributed by atoms with Gasteiger partial charge in [0.2, 0.25) is 0 Å². The molecule has 1 heterocycles. The fourth-order valence-electron chi connectivity index (χ4n) is 1.41. The number of halogens is 2. The number of nitrogens with zero attached hydrogens (tertiary/aromatic N) is 1. The smallest absolute Gasteiger partial charge is 0.358 e.